The summed E-state index contributed by atoms with van der Waals surface area (Å²) in [6.07, 6.45) is -8.18. The highest BCUT2D eigenvalue weighted by Crippen LogP contribution is 2.59. The van der Waals surface area contributed by atoms with Crippen LogP contribution in [0.1, 0.15) is 51.2 Å². The second-order valence-electron chi connectivity index (χ2n) is 9.98. The number of carbonyl (C=O) groups is 2. The number of amides is 2. The molecule has 2 N–H and O–H groups in total. The van der Waals surface area contributed by atoms with Crippen molar-refractivity contribution in [3.8, 4) is 0 Å². The van der Waals surface area contributed by atoms with Gasteiger partial charge in [-0.3, -0.25) is 14.5 Å². The minimum atomic E-state index is -4.98. The lowest BCUT2D eigenvalue weighted by Crippen LogP contribution is -2.47. The molecule has 2 fully saturated rings. The van der Waals surface area contributed by atoms with Gasteiger partial charge in [-0.2, -0.15) is 26.3 Å². The van der Waals surface area contributed by atoms with Crippen LogP contribution in [0.15, 0.2) is 18.2 Å². The fourth-order valence-corrected chi connectivity index (χ4v) is 4.34. The van der Waals surface area contributed by atoms with Crippen molar-refractivity contribution in [3.05, 3.63) is 29.3 Å². The van der Waals surface area contributed by atoms with Crippen LogP contribution in [-0.2, 0) is 21.9 Å². The van der Waals surface area contributed by atoms with Gasteiger partial charge in [0.15, 0.2) is 0 Å². The summed E-state index contributed by atoms with van der Waals surface area (Å²) in [7, 11) is 0. The zero-order valence-corrected chi connectivity index (χ0v) is 18.6. The van der Waals surface area contributed by atoms with Crippen LogP contribution in [0.2, 0.25) is 0 Å². The summed E-state index contributed by atoms with van der Waals surface area (Å²) in [6.45, 7) is 7.05. The van der Waals surface area contributed by atoms with Crippen molar-refractivity contribution in [1.82, 2.24) is 10.2 Å². The zero-order chi connectivity index (χ0) is 24.8. The monoisotopic (exact) mass is 479 g/mol. The van der Waals surface area contributed by atoms with Crippen molar-refractivity contribution in [1.29, 1.82) is 0 Å². The Labute approximate surface area is 187 Å². The van der Waals surface area contributed by atoms with E-state index in [1.807, 2.05) is 25.7 Å². The van der Waals surface area contributed by atoms with E-state index in [1.165, 1.54) is 0 Å². The number of nitrogens with one attached hydrogen (secondary N) is 2. The number of hydrogen-bond acceptors (Lipinski definition) is 3. The van der Waals surface area contributed by atoms with E-state index in [4.69, 9.17) is 0 Å². The molecule has 1 saturated carbocycles. The lowest BCUT2D eigenvalue weighted by atomic mass is 9.90. The van der Waals surface area contributed by atoms with Crippen LogP contribution in [0, 0.1) is 11.3 Å². The normalized spacial score (nSPS) is 21.1. The predicted octanol–water partition coefficient (Wildman–Crippen LogP) is 4.68. The van der Waals surface area contributed by atoms with E-state index in [0.717, 1.165) is 0 Å². The van der Waals surface area contributed by atoms with Gasteiger partial charge < -0.3 is 10.6 Å². The first-order valence-electron chi connectivity index (χ1n) is 10.6. The molecule has 1 aliphatic heterocycles. The zero-order valence-electron chi connectivity index (χ0n) is 18.6. The molecule has 2 aliphatic rings. The third kappa shape index (κ3) is 6.39. The number of carbonyl (C=O) groups excluding carboxylic acids is 2. The number of piperidine rings is 1. The minimum absolute atomic E-state index is 0.0276. The number of halogens is 6. The summed E-state index contributed by atoms with van der Waals surface area (Å²) < 4.78 is 78.2. The van der Waals surface area contributed by atoms with Crippen LogP contribution < -0.4 is 10.6 Å². The van der Waals surface area contributed by atoms with Crippen LogP contribution in [0.25, 0.3) is 0 Å². The second kappa shape index (κ2) is 8.48. The smallest absolute Gasteiger partial charge is 0.350 e. The third-order valence-electron chi connectivity index (χ3n) is 6.09. The topological polar surface area (TPSA) is 61.4 Å². The molecule has 11 heteroatoms. The molecule has 5 nitrogen and oxygen atoms in total. The molecule has 1 atom stereocenters. The Bertz CT molecular complexity index is 880. The molecular formula is C22H27F6N3O2. The lowest BCUT2D eigenvalue weighted by Gasteiger charge is -2.33. The molecule has 1 saturated heterocycles. The van der Waals surface area contributed by atoms with Crippen LogP contribution in [-0.4, -0.2) is 41.9 Å². The predicted molar refractivity (Wildman–Crippen MR) is 109 cm³/mol. The van der Waals surface area contributed by atoms with E-state index in [9.17, 15) is 35.9 Å². The van der Waals surface area contributed by atoms with Gasteiger partial charge in [0.25, 0.3) is 0 Å². The number of benzene rings is 1. The molecule has 0 radical (unpaired) electrons. The maximum Gasteiger partial charge on any atom is 0.416 e. The van der Waals surface area contributed by atoms with Gasteiger partial charge in [-0.15, -0.1) is 0 Å². The van der Waals surface area contributed by atoms with Crippen LogP contribution in [0.4, 0.5) is 32.0 Å². The molecule has 1 aliphatic carbocycles. The van der Waals surface area contributed by atoms with Gasteiger partial charge in [-0.05, 0) is 76.7 Å². The Kier molecular flexibility index (Phi) is 6.51. The van der Waals surface area contributed by atoms with Crippen molar-refractivity contribution in [2.45, 2.75) is 57.9 Å². The molecule has 184 valence electrons. The Morgan fingerprint density at radius 3 is 1.94 bits per heavy atom. The largest absolute Gasteiger partial charge is 0.416 e. The average molecular weight is 479 g/mol. The Hall–Kier alpha value is -2.30. The Morgan fingerprint density at radius 1 is 0.970 bits per heavy atom. The Morgan fingerprint density at radius 2 is 1.48 bits per heavy atom. The molecule has 0 aromatic heterocycles. The summed E-state index contributed by atoms with van der Waals surface area (Å²) in [5.41, 5.74) is -4.14. The van der Waals surface area contributed by atoms with E-state index in [-0.39, 0.29) is 29.5 Å². The molecule has 33 heavy (non-hydrogen) atoms. The third-order valence-corrected chi connectivity index (χ3v) is 6.09. The molecule has 3 rings (SSSR count). The fraction of sp³-hybridized carbons (Fsp3) is 0.636. The molecule has 0 bridgehead atoms. The number of rotatable bonds is 4. The molecule has 1 aromatic rings. The number of likely N-dealkylation sites (tertiary alicyclic amines) is 1. The average Bonchev–Trinajstić information content (AvgIpc) is 3.34. The molecule has 1 spiro atoms. The van der Waals surface area contributed by atoms with E-state index < -0.39 is 41.0 Å². The van der Waals surface area contributed by atoms with E-state index in [0.29, 0.717) is 44.5 Å². The minimum Gasteiger partial charge on any atom is -0.350 e. The molecule has 1 heterocycles. The highest BCUT2D eigenvalue weighted by Gasteiger charge is 2.58. The molecule has 1 aromatic carbocycles. The number of alkyl halides is 6. The van der Waals surface area contributed by atoms with Crippen molar-refractivity contribution in [2.75, 3.05) is 25.0 Å². The summed E-state index contributed by atoms with van der Waals surface area (Å²) in [5.74, 6) is -1.16. The van der Waals surface area contributed by atoms with Gasteiger partial charge in [0.2, 0.25) is 11.8 Å². The fourth-order valence-electron chi connectivity index (χ4n) is 4.34. The van der Waals surface area contributed by atoms with Crippen LogP contribution in [0.5, 0.6) is 0 Å². The number of hydrogen-bond donors (Lipinski definition) is 2. The van der Waals surface area contributed by atoms with Crippen LogP contribution in [0.3, 0.4) is 0 Å². The van der Waals surface area contributed by atoms with Crippen molar-refractivity contribution in [2.24, 2.45) is 11.3 Å². The SMILES string of the molecule is CC(C)(C)NC(=O)CN1CCC2(CC1)C[C@@H]2C(=O)Nc1cc(C(F)(F)F)cc(C(F)(F)F)c1. The maximum absolute atomic E-state index is 13.0. The van der Waals surface area contributed by atoms with Crippen molar-refractivity contribution < 1.29 is 35.9 Å². The first kappa shape index (κ1) is 25.3. The van der Waals surface area contributed by atoms with Gasteiger partial charge >= 0.3 is 12.4 Å². The maximum atomic E-state index is 13.0. The quantitative estimate of drug-likeness (QED) is 0.617. The van der Waals surface area contributed by atoms with Gasteiger partial charge in [0.05, 0.1) is 17.7 Å². The highest BCUT2D eigenvalue weighted by molar-refractivity contribution is 5.95. The summed E-state index contributed by atoms with van der Waals surface area (Å²) in [4.78, 5) is 26.7. The summed E-state index contributed by atoms with van der Waals surface area (Å²) in [5, 5.41) is 5.14. The molecular weight excluding hydrogens is 452 g/mol. The van der Waals surface area contributed by atoms with Gasteiger partial charge in [-0.25, -0.2) is 0 Å². The van der Waals surface area contributed by atoms with E-state index in [1.54, 1.807) is 0 Å². The molecule has 2 amide bonds. The number of anilines is 1. The van der Waals surface area contributed by atoms with E-state index >= 15 is 0 Å². The first-order valence-corrected chi connectivity index (χ1v) is 10.6. The van der Waals surface area contributed by atoms with E-state index in [2.05, 4.69) is 10.6 Å². The van der Waals surface area contributed by atoms with Crippen LogP contribution >= 0.6 is 0 Å². The number of nitrogens with zero attached hydrogens (tertiary/aromatic N) is 1. The summed E-state index contributed by atoms with van der Waals surface area (Å²) in [6, 6.07) is 1.05. The second-order valence-corrected chi connectivity index (χ2v) is 9.98. The standard InChI is InChI=1S/C22H27F6N3O2/c1-19(2,3)30-17(32)12-31-6-4-20(5-7-31)11-16(20)18(33)29-15-9-13(21(23,24)25)8-14(10-15)22(26,27)28/h8-10,16H,4-7,11-12H2,1-3H3,(H,29,33)(H,30,32)/t16-/m1/s1. The Balaban J connectivity index is 1.61. The summed E-state index contributed by atoms with van der Waals surface area (Å²) >= 11 is 0. The lowest BCUT2D eigenvalue weighted by molar-refractivity contribution is -0.143. The van der Waals surface area contributed by atoms with Crippen molar-refractivity contribution >= 4 is 17.5 Å². The first-order chi connectivity index (χ1) is 15.0. The van der Waals surface area contributed by atoms with Gasteiger partial charge in [-0.1, -0.05) is 0 Å². The molecule has 0 unspecified atom stereocenters. The van der Waals surface area contributed by atoms with Gasteiger partial charge in [0, 0.05) is 17.1 Å². The van der Waals surface area contributed by atoms with Gasteiger partial charge in [0.1, 0.15) is 0 Å². The highest BCUT2D eigenvalue weighted by atomic mass is 19.4. The van der Waals surface area contributed by atoms with Crippen molar-refractivity contribution in [3.63, 3.8) is 0 Å².